The third-order valence-electron chi connectivity index (χ3n) is 6.24. The van der Waals surface area contributed by atoms with Gasteiger partial charge in [0.25, 0.3) is 0 Å². The Bertz CT molecular complexity index is 580. The minimum absolute atomic E-state index is 0.252. The molecule has 2 atom stereocenters. The summed E-state index contributed by atoms with van der Waals surface area (Å²) in [6, 6.07) is 8.91. The fourth-order valence-electron chi connectivity index (χ4n) is 4.68. The average Bonchev–Trinajstić information content (AvgIpc) is 3.10. The molecule has 1 heterocycles. The molecule has 0 radical (unpaired) electrons. The molecule has 144 valence electrons. The molecule has 26 heavy (non-hydrogen) atoms. The highest BCUT2D eigenvalue weighted by Gasteiger charge is 2.38. The summed E-state index contributed by atoms with van der Waals surface area (Å²) in [7, 11) is 3.49. The number of carboxylic acid groups (broad SMARTS) is 1. The Morgan fingerprint density at radius 1 is 1.12 bits per heavy atom. The summed E-state index contributed by atoms with van der Waals surface area (Å²) in [5.41, 5.74) is 1.30. The van der Waals surface area contributed by atoms with Gasteiger partial charge in [-0.1, -0.05) is 12.1 Å². The zero-order valence-corrected chi connectivity index (χ0v) is 15.9. The molecule has 0 aromatic heterocycles. The second kappa shape index (κ2) is 8.87. The molecule has 1 aromatic rings. The first-order valence-electron chi connectivity index (χ1n) is 9.73. The zero-order valence-electron chi connectivity index (χ0n) is 15.9. The number of rotatable bonds is 7. The Balaban J connectivity index is 1.69. The SMILES string of the molecule is COc1ccc([C@@H]2CN(C3CCC(OC)CC3)C[C@H]2CCC(=O)O)cc1. The van der Waals surface area contributed by atoms with Crippen LogP contribution in [-0.4, -0.2) is 55.4 Å². The molecular weight excluding hydrogens is 330 g/mol. The number of carboxylic acids is 1. The van der Waals surface area contributed by atoms with Crippen molar-refractivity contribution >= 4 is 5.97 Å². The lowest BCUT2D eigenvalue weighted by atomic mass is 9.86. The van der Waals surface area contributed by atoms with Gasteiger partial charge in [-0.05, 0) is 55.7 Å². The Kier molecular flexibility index (Phi) is 6.54. The van der Waals surface area contributed by atoms with Crippen molar-refractivity contribution in [3.05, 3.63) is 29.8 Å². The molecule has 0 amide bonds. The Hall–Kier alpha value is -1.59. The number of carbonyl (C=O) groups is 1. The van der Waals surface area contributed by atoms with Gasteiger partial charge in [-0.15, -0.1) is 0 Å². The molecule has 1 N–H and O–H groups in total. The van der Waals surface area contributed by atoms with E-state index >= 15 is 0 Å². The van der Waals surface area contributed by atoms with Gasteiger partial charge in [0, 0.05) is 38.6 Å². The quantitative estimate of drug-likeness (QED) is 0.805. The number of benzene rings is 1. The Morgan fingerprint density at radius 2 is 1.81 bits per heavy atom. The molecule has 1 aromatic carbocycles. The fourth-order valence-corrected chi connectivity index (χ4v) is 4.68. The summed E-state index contributed by atoms with van der Waals surface area (Å²) in [5, 5.41) is 9.13. The number of likely N-dealkylation sites (tertiary alicyclic amines) is 1. The van der Waals surface area contributed by atoms with Crippen molar-refractivity contribution in [2.45, 2.75) is 56.6 Å². The second-order valence-electron chi connectivity index (χ2n) is 7.69. The van der Waals surface area contributed by atoms with E-state index in [9.17, 15) is 4.79 Å². The van der Waals surface area contributed by atoms with Gasteiger partial charge >= 0.3 is 5.97 Å². The van der Waals surface area contributed by atoms with Crippen LogP contribution in [0, 0.1) is 5.92 Å². The van der Waals surface area contributed by atoms with E-state index < -0.39 is 5.97 Å². The van der Waals surface area contributed by atoms with Crippen molar-refractivity contribution in [1.82, 2.24) is 4.90 Å². The molecule has 0 bridgehead atoms. The zero-order chi connectivity index (χ0) is 18.5. The number of aliphatic carboxylic acids is 1. The lowest BCUT2D eigenvalue weighted by Crippen LogP contribution is -2.38. The summed E-state index contributed by atoms with van der Waals surface area (Å²) in [6.07, 6.45) is 6.03. The normalized spacial score (nSPS) is 29.6. The van der Waals surface area contributed by atoms with E-state index in [2.05, 4.69) is 17.0 Å². The summed E-state index contributed by atoms with van der Waals surface area (Å²) in [5.74, 6) is 0.973. The highest BCUT2D eigenvalue weighted by atomic mass is 16.5. The monoisotopic (exact) mass is 361 g/mol. The fraction of sp³-hybridized carbons (Fsp3) is 0.667. The van der Waals surface area contributed by atoms with Crippen LogP contribution < -0.4 is 4.74 Å². The Labute approximate surface area is 156 Å². The molecule has 1 aliphatic heterocycles. The molecule has 2 fully saturated rings. The molecule has 1 aliphatic carbocycles. The first kappa shape index (κ1) is 19.2. The van der Waals surface area contributed by atoms with Crippen LogP contribution in [-0.2, 0) is 9.53 Å². The van der Waals surface area contributed by atoms with Crippen molar-refractivity contribution in [1.29, 1.82) is 0 Å². The predicted molar refractivity (Wildman–Crippen MR) is 101 cm³/mol. The Morgan fingerprint density at radius 3 is 2.38 bits per heavy atom. The first-order valence-corrected chi connectivity index (χ1v) is 9.73. The number of hydrogen-bond donors (Lipinski definition) is 1. The molecule has 5 nitrogen and oxygen atoms in total. The van der Waals surface area contributed by atoms with Gasteiger partial charge in [0.2, 0.25) is 0 Å². The number of hydrogen-bond acceptors (Lipinski definition) is 4. The third kappa shape index (κ3) is 4.57. The molecule has 1 saturated carbocycles. The molecule has 0 unspecified atom stereocenters. The molecule has 1 saturated heterocycles. The van der Waals surface area contributed by atoms with Gasteiger partial charge in [0.15, 0.2) is 0 Å². The molecular formula is C21H31NO4. The molecule has 0 spiro atoms. The number of ether oxygens (including phenoxy) is 2. The van der Waals surface area contributed by atoms with Crippen LogP contribution in [0.4, 0.5) is 0 Å². The van der Waals surface area contributed by atoms with Crippen LogP contribution in [0.5, 0.6) is 5.75 Å². The van der Waals surface area contributed by atoms with Crippen LogP contribution in [0.2, 0.25) is 0 Å². The second-order valence-corrected chi connectivity index (χ2v) is 7.69. The van der Waals surface area contributed by atoms with Crippen LogP contribution in [0.1, 0.15) is 50.0 Å². The van der Waals surface area contributed by atoms with Gasteiger partial charge in [0.1, 0.15) is 5.75 Å². The lowest BCUT2D eigenvalue weighted by Gasteiger charge is -2.34. The van der Waals surface area contributed by atoms with Gasteiger partial charge in [-0.2, -0.15) is 0 Å². The molecule has 3 rings (SSSR count). The van der Waals surface area contributed by atoms with E-state index in [1.807, 2.05) is 19.2 Å². The van der Waals surface area contributed by atoms with Crippen LogP contribution in [0.15, 0.2) is 24.3 Å². The van der Waals surface area contributed by atoms with E-state index in [1.54, 1.807) is 7.11 Å². The number of nitrogens with zero attached hydrogens (tertiary/aromatic N) is 1. The minimum Gasteiger partial charge on any atom is -0.497 e. The maximum absolute atomic E-state index is 11.1. The lowest BCUT2D eigenvalue weighted by molar-refractivity contribution is -0.137. The van der Waals surface area contributed by atoms with E-state index in [0.29, 0.717) is 24.0 Å². The third-order valence-corrected chi connectivity index (χ3v) is 6.24. The van der Waals surface area contributed by atoms with Crippen LogP contribution >= 0.6 is 0 Å². The predicted octanol–water partition coefficient (Wildman–Crippen LogP) is 3.53. The van der Waals surface area contributed by atoms with Gasteiger partial charge in [-0.3, -0.25) is 9.69 Å². The summed E-state index contributed by atoms with van der Waals surface area (Å²) in [4.78, 5) is 13.7. The molecule has 5 heteroatoms. The summed E-state index contributed by atoms with van der Waals surface area (Å²) >= 11 is 0. The highest BCUT2D eigenvalue weighted by Crippen LogP contribution is 2.39. The van der Waals surface area contributed by atoms with Crippen molar-refractivity contribution in [3.63, 3.8) is 0 Å². The summed E-state index contributed by atoms with van der Waals surface area (Å²) in [6.45, 7) is 2.03. The van der Waals surface area contributed by atoms with Gasteiger partial charge < -0.3 is 14.6 Å². The van der Waals surface area contributed by atoms with E-state index in [0.717, 1.165) is 38.1 Å². The van der Waals surface area contributed by atoms with E-state index in [4.69, 9.17) is 14.6 Å². The van der Waals surface area contributed by atoms with Crippen LogP contribution in [0.25, 0.3) is 0 Å². The maximum atomic E-state index is 11.1. The summed E-state index contributed by atoms with van der Waals surface area (Å²) < 4.78 is 10.8. The average molecular weight is 361 g/mol. The number of methoxy groups -OCH3 is 2. The minimum atomic E-state index is -0.697. The van der Waals surface area contributed by atoms with Gasteiger partial charge in [-0.25, -0.2) is 0 Å². The topological polar surface area (TPSA) is 59.0 Å². The highest BCUT2D eigenvalue weighted by molar-refractivity contribution is 5.66. The van der Waals surface area contributed by atoms with Gasteiger partial charge in [0.05, 0.1) is 13.2 Å². The first-order chi connectivity index (χ1) is 12.6. The van der Waals surface area contributed by atoms with Crippen molar-refractivity contribution in [3.8, 4) is 5.75 Å². The standard InChI is InChI=1S/C21H31NO4/c1-25-18-8-3-15(4-9-18)20-14-22(13-16(20)5-12-21(23)24)17-6-10-19(26-2)11-7-17/h3-4,8-9,16-17,19-20H,5-7,10-14H2,1-2H3,(H,23,24)/t16-,17?,19?,20+/m1/s1. The van der Waals surface area contributed by atoms with Crippen molar-refractivity contribution < 1.29 is 19.4 Å². The smallest absolute Gasteiger partial charge is 0.303 e. The largest absolute Gasteiger partial charge is 0.497 e. The van der Waals surface area contributed by atoms with E-state index in [1.165, 1.54) is 18.4 Å². The van der Waals surface area contributed by atoms with E-state index in [-0.39, 0.29) is 6.42 Å². The van der Waals surface area contributed by atoms with Crippen molar-refractivity contribution in [2.24, 2.45) is 5.92 Å². The van der Waals surface area contributed by atoms with Crippen molar-refractivity contribution in [2.75, 3.05) is 27.3 Å². The van der Waals surface area contributed by atoms with Crippen LogP contribution in [0.3, 0.4) is 0 Å². The molecule has 2 aliphatic rings. The maximum Gasteiger partial charge on any atom is 0.303 e.